The van der Waals surface area contributed by atoms with E-state index >= 15 is 0 Å². The highest BCUT2D eigenvalue weighted by molar-refractivity contribution is 6.39. The number of fused-ring (bicyclic) bond motifs is 8. The van der Waals surface area contributed by atoms with Crippen LogP contribution >= 0.6 is 0 Å². The molecule has 16 heteroatoms. The van der Waals surface area contributed by atoms with Gasteiger partial charge in [-0.25, -0.2) is 24.2 Å². The number of carbonyl (C=O) groups excluding carboxylic acids is 4. The molecule has 0 saturated carbocycles. The van der Waals surface area contributed by atoms with E-state index in [2.05, 4.69) is 200 Å². The van der Waals surface area contributed by atoms with Gasteiger partial charge in [0.25, 0.3) is 23.6 Å². The minimum absolute atomic E-state index is 0.251. The van der Waals surface area contributed by atoms with Crippen molar-refractivity contribution < 1.29 is 19.2 Å². The molecule has 4 aliphatic heterocycles. The lowest BCUT2D eigenvalue weighted by atomic mass is 9.85. The lowest BCUT2D eigenvalue weighted by molar-refractivity contribution is 0.0606. The molecular weight excluding hydrogens is 1280 g/mol. The van der Waals surface area contributed by atoms with Gasteiger partial charge in [0, 0.05) is 107 Å². The Kier molecular flexibility index (Phi) is 15.8. The molecule has 103 heavy (non-hydrogen) atoms. The summed E-state index contributed by atoms with van der Waals surface area (Å²) < 4.78 is 3.58. The Morgan fingerprint density at radius 3 is 1.28 bits per heavy atom. The van der Waals surface area contributed by atoms with Gasteiger partial charge in [0.15, 0.2) is 0 Å². The van der Waals surface area contributed by atoms with Crippen molar-refractivity contribution in [3.8, 4) is 72.7 Å². The molecule has 9 heterocycles. The summed E-state index contributed by atoms with van der Waals surface area (Å²) in [4.78, 5) is 78.5. The molecule has 0 radical (unpaired) electrons. The number of allylic oxidation sites excluding steroid dienone is 4. The topological polar surface area (TPSA) is 194 Å². The summed E-state index contributed by atoms with van der Waals surface area (Å²) in [6, 6.07) is 47.9. The Labute approximate surface area is 595 Å². The average Bonchev–Trinajstić information content (AvgIpc) is 1.38. The van der Waals surface area contributed by atoms with Crippen LogP contribution in [-0.4, -0.2) is 85.0 Å². The zero-order valence-electron chi connectivity index (χ0n) is 58.3. The number of H-pyrrole nitrogens is 2. The van der Waals surface area contributed by atoms with Crippen molar-refractivity contribution in [1.29, 1.82) is 0 Å². The van der Waals surface area contributed by atoms with Crippen molar-refractivity contribution in [3.05, 3.63) is 255 Å². The van der Waals surface area contributed by atoms with Crippen LogP contribution in [0, 0.1) is 41.5 Å². The van der Waals surface area contributed by atoms with Crippen molar-refractivity contribution in [2.24, 2.45) is 0 Å². The van der Waals surface area contributed by atoms with Crippen molar-refractivity contribution in [2.45, 2.75) is 93.4 Å². The normalized spacial score (nSPS) is 13.8. The second-order valence-corrected chi connectivity index (χ2v) is 27.7. The van der Waals surface area contributed by atoms with Gasteiger partial charge in [-0.2, -0.15) is 0 Å². The summed E-state index contributed by atoms with van der Waals surface area (Å²) in [7, 11) is 0. The number of rotatable bonds is 16. The van der Waals surface area contributed by atoms with Crippen LogP contribution in [0.5, 0.6) is 0 Å². The van der Waals surface area contributed by atoms with Crippen LogP contribution in [-0.2, 0) is 0 Å². The molecule has 0 atom stereocenters. The van der Waals surface area contributed by atoms with Gasteiger partial charge in [0.05, 0.1) is 46.5 Å². The molecule has 16 nitrogen and oxygen atoms in total. The maximum atomic E-state index is 14.5. The number of aromatic amines is 2. The van der Waals surface area contributed by atoms with E-state index in [1.165, 1.54) is 16.0 Å². The van der Waals surface area contributed by atoms with Gasteiger partial charge in [0.1, 0.15) is 11.4 Å². The monoisotopic (exact) mass is 1350 g/mol. The van der Waals surface area contributed by atoms with Crippen molar-refractivity contribution in [2.75, 3.05) is 11.4 Å². The van der Waals surface area contributed by atoms with E-state index in [1.807, 2.05) is 47.4 Å². The number of benzene rings is 7. The minimum Gasteiger partial charge on any atom is -0.354 e. The maximum absolute atomic E-state index is 14.5. The van der Waals surface area contributed by atoms with Gasteiger partial charge in [-0.1, -0.05) is 146 Å². The number of nitrogens with zero attached hydrogens (tertiary/aromatic N) is 10. The van der Waals surface area contributed by atoms with E-state index in [4.69, 9.17) is 9.97 Å². The van der Waals surface area contributed by atoms with Gasteiger partial charge >= 0.3 is 0 Å². The molecule has 8 bridgehead atoms. The Morgan fingerprint density at radius 1 is 0.408 bits per heavy atom. The van der Waals surface area contributed by atoms with Crippen molar-refractivity contribution in [3.63, 3.8) is 0 Å². The molecule has 0 saturated heterocycles. The molecule has 5 aliphatic rings. The number of aryl methyl sites for hydroxylation is 6. The highest BCUT2D eigenvalue weighted by Crippen LogP contribution is 2.44. The molecule has 0 fully saturated rings. The summed E-state index contributed by atoms with van der Waals surface area (Å²) in [5, 5.41) is 19.0. The SMILES string of the molecule is CCCCCCCCN1C(=O)c2ccc3c4c(ccc(c24)C1=O)C(=O)N(c1ccc(-c2cn(-c4ccc(-c5c6nc(c(-c7c(C)cc(C)cc7C)c7ccc([nH]7)c(-c7ccc(-c8cn(C9=CC=CC9)nn8)cc7)c7nc(c(-c8c(C)cc(C)cc8C)c8ccc5[nH]8)C=C7)C=C6)cc4)nn2)cc1)C3=O. The molecule has 0 spiro atoms. The fraction of sp³-hybridized carbons (Fsp3) is 0.172. The minimum atomic E-state index is -0.541. The number of aromatic nitrogens is 10. The van der Waals surface area contributed by atoms with Crippen LogP contribution in [0.15, 0.2) is 176 Å². The molecule has 7 aromatic carbocycles. The van der Waals surface area contributed by atoms with E-state index < -0.39 is 23.6 Å². The summed E-state index contributed by atoms with van der Waals surface area (Å²) in [5.74, 6) is -1.89. The lowest BCUT2D eigenvalue weighted by Gasteiger charge is -2.32. The predicted octanol–water partition coefficient (Wildman–Crippen LogP) is 19.4. The van der Waals surface area contributed by atoms with E-state index in [0.717, 1.165) is 178 Å². The Bertz CT molecular complexity index is 5760. The van der Waals surface area contributed by atoms with Crippen LogP contribution < -0.4 is 4.90 Å². The Morgan fingerprint density at radius 2 is 0.806 bits per heavy atom. The third kappa shape index (κ3) is 11.1. The lowest BCUT2D eigenvalue weighted by Crippen LogP contribution is -2.43. The van der Waals surface area contributed by atoms with Crippen LogP contribution in [0.1, 0.15) is 149 Å². The molecule has 1 aliphatic carbocycles. The smallest absolute Gasteiger partial charge is 0.265 e. The fourth-order valence-corrected chi connectivity index (χ4v) is 15.9. The predicted molar refractivity (Wildman–Crippen MR) is 410 cm³/mol. The summed E-state index contributed by atoms with van der Waals surface area (Å²) in [5.41, 5.74) is 28.0. The quantitative estimate of drug-likeness (QED) is 0.0694. The molecule has 17 rings (SSSR count). The molecule has 2 N–H and O–H groups in total. The highest BCUT2D eigenvalue weighted by atomic mass is 16.2. The van der Waals surface area contributed by atoms with Crippen molar-refractivity contribution in [1.82, 2.24) is 54.8 Å². The fourth-order valence-electron chi connectivity index (χ4n) is 15.9. The van der Waals surface area contributed by atoms with Crippen LogP contribution in [0.25, 0.3) is 136 Å². The summed E-state index contributed by atoms with van der Waals surface area (Å²) in [6.07, 6.45) is 25.5. The number of anilines is 1. The Hall–Kier alpha value is -12.6. The first kappa shape index (κ1) is 63.9. The summed E-state index contributed by atoms with van der Waals surface area (Å²) in [6.45, 7) is 15.5. The van der Waals surface area contributed by atoms with Gasteiger partial charge in [-0.05, 0) is 196 Å². The zero-order valence-corrected chi connectivity index (χ0v) is 58.3. The van der Waals surface area contributed by atoms with Crippen molar-refractivity contribution >= 4 is 92.2 Å². The number of nitrogens with one attached hydrogen (secondary N) is 2. The van der Waals surface area contributed by atoms with Crippen LogP contribution in [0.2, 0.25) is 0 Å². The van der Waals surface area contributed by atoms with Gasteiger partial charge in [-0.3, -0.25) is 24.1 Å². The van der Waals surface area contributed by atoms with Crippen LogP contribution in [0.4, 0.5) is 5.69 Å². The average molecular weight is 1350 g/mol. The number of imide groups is 2. The number of unbranched alkanes of at least 4 members (excludes halogenated alkanes) is 5. The van der Waals surface area contributed by atoms with Crippen LogP contribution in [0.3, 0.4) is 0 Å². The summed E-state index contributed by atoms with van der Waals surface area (Å²) >= 11 is 0. The first-order valence-electron chi connectivity index (χ1n) is 35.3. The Balaban J connectivity index is 0.733. The third-order valence-corrected chi connectivity index (χ3v) is 20.7. The van der Waals surface area contributed by atoms with Gasteiger partial charge < -0.3 is 9.97 Å². The number of amides is 4. The standard InChI is InChI=1S/C87H72N12O4/c1-8-9-10-11-12-15-42-96-84(100)62-30-32-64-81-65(33-31-63(80(62)81)85(96)101)87(103)99(86(64)102)61-28-22-56(23-29-61)75-48-98(95-93-75)60-26-24-58(25-27-60)79-68-36-40-72(90-68)82(76-51(4)43-49(2)44-52(76)5)70-38-34-66(88-70)78(57-20-18-55(19-21-57)74-47-97(94-92-74)59-16-13-14-17-59)67-35-39-71(89-67)83(73-41-37-69(79)91-73)77-53(6)45-50(3)46-54(77)7/h13-14,16,18-41,43-48,88,91H,8-12,15,17,42H2,1-7H3. The van der Waals surface area contributed by atoms with E-state index in [0.29, 0.717) is 51.8 Å². The van der Waals surface area contributed by atoms with E-state index in [1.54, 1.807) is 41.1 Å². The first-order chi connectivity index (χ1) is 50.1. The van der Waals surface area contributed by atoms with E-state index in [9.17, 15) is 19.2 Å². The first-order valence-corrected chi connectivity index (χ1v) is 35.3. The molecule has 4 amide bonds. The van der Waals surface area contributed by atoms with Gasteiger partial charge in [0.2, 0.25) is 0 Å². The number of hydrogen-bond acceptors (Lipinski definition) is 10. The molecular formula is C87H72N12O4. The largest absolute Gasteiger partial charge is 0.354 e. The molecule has 0 unspecified atom stereocenters. The molecule has 5 aromatic heterocycles. The third-order valence-electron chi connectivity index (χ3n) is 20.7. The second kappa shape index (κ2) is 25.6. The maximum Gasteiger partial charge on any atom is 0.265 e. The number of carbonyl (C=O) groups is 4. The van der Waals surface area contributed by atoms with E-state index in [-0.39, 0.29) is 11.1 Å². The molecule has 12 aromatic rings. The zero-order chi connectivity index (χ0) is 70.5. The van der Waals surface area contributed by atoms with Gasteiger partial charge in [-0.15, -0.1) is 10.2 Å². The second-order valence-electron chi connectivity index (χ2n) is 27.7. The highest BCUT2D eigenvalue weighted by Gasteiger charge is 2.40. The molecule has 504 valence electrons. The number of hydrogen-bond donors (Lipinski definition) is 2.